The minimum Gasteiger partial charge on any atom is -0.314 e. The average molecular weight is 298 g/mol. The van der Waals surface area contributed by atoms with Crippen molar-refractivity contribution in [3.05, 3.63) is 20.7 Å². The Balaban J connectivity index is 1.88. The third kappa shape index (κ3) is 3.73. The van der Waals surface area contributed by atoms with E-state index in [9.17, 15) is 9.59 Å². The topological polar surface area (TPSA) is 79.8 Å². The summed E-state index contributed by atoms with van der Waals surface area (Å²) in [4.78, 5) is 26.2. The molecule has 7 heteroatoms. The van der Waals surface area contributed by atoms with Crippen LogP contribution in [0.1, 0.15) is 32.6 Å². The lowest BCUT2D eigenvalue weighted by molar-refractivity contribution is 0.400. The zero-order chi connectivity index (χ0) is 14.5. The normalized spacial score (nSPS) is 22.3. The Bertz CT molecular complexity index is 554. The first-order valence-corrected chi connectivity index (χ1v) is 8.14. The van der Waals surface area contributed by atoms with Crippen molar-refractivity contribution in [2.45, 2.75) is 43.8 Å². The number of rotatable bonds is 6. The molecule has 0 spiro atoms. The number of aromatic nitrogens is 3. The number of aryl methyl sites for hydroxylation is 1. The monoisotopic (exact) mass is 298 g/mol. The van der Waals surface area contributed by atoms with Crippen LogP contribution in [-0.2, 0) is 7.05 Å². The first kappa shape index (κ1) is 15.3. The molecule has 2 rings (SSSR count). The van der Waals surface area contributed by atoms with E-state index in [0.717, 1.165) is 18.7 Å². The Morgan fingerprint density at radius 3 is 3.00 bits per heavy atom. The van der Waals surface area contributed by atoms with Gasteiger partial charge in [-0.2, -0.15) is 4.98 Å². The van der Waals surface area contributed by atoms with E-state index in [4.69, 9.17) is 0 Å². The van der Waals surface area contributed by atoms with Gasteiger partial charge in [-0.1, -0.05) is 25.1 Å². The van der Waals surface area contributed by atoms with Crippen LogP contribution in [-0.4, -0.2) is 33.1 Å². The van der Waals surface area contributed by atoms with Gasteiger partial charge in [-0.25, -0.2) is 0 Å². The molecule has 0 saturated heterocycles. The van der Waals surface area contributed by atoms with Gasteiger partial charge in [-0.05, 0) is 31.7 Å². The van der Waals surface area contributed by atoms with Crippen LogP contribution in [0, 0.1) is 5.92 Å². The molecule has 0 amide bonds. The van der Waals surface area contributed by atoms with Crippen LogP contribution in [0.5, 0.6) is 0 Å². The Hall–Kier alpha value is -1.08. The van der Waals surface area contributed by atoms with Crippen LogP contribution in [0.15, 0.2) is 14.7 Å². The van der Waals surface area contributed by atoms with Crippen molar-refractivity contribution in [2.75, 3.05) is 12.3 Å². The number of aromatic amines is 1. The second-order valence-electron chi connectivity index (χ2n) is 5.19. The molecule has 1 aliphatic carbocycles. The zero-order valence-corrected chi connectivity index (χ0v) is 12.8. The molecule has 1 heterocycles. The maximum Gasteiger partial charge on any atom is 0.339 e. The quantitative estimate of drug-likeness (QED) is 0.598. The van der Waals surface area contributed by atoms with E-state index in [1.165, 1.54) is 35.7 Å². The van der Waals surface area contributed by atoms with Crippen LogP contribution in [0.3, 0.4) is 0 Å². The molecule has 2 unspecified atom stereocenters. The van der Waals surface area contributed by atoms with Crippen LogP contribution < -0.4 is 16.4 Å². The first-order valence-electron chi connectivity index (χ1n) is 7.15. The highest BCUT2D eigenvalue weighted by atomic mass is 32.2. The van der Waals surface area contributed by atoms with Crippen LogP contribution in [0.25, 0.3) is 0 Å². The van der Waals surface area contributed by atoms with E-state index in [2.05, 4.69) is 22.3 Å². The SMILES string of the molecule is CCNC1CCCC1CCSc1nc(=O)c(=O)[nH]n1C. The Kier molecular flexibility index (Phi) is 5.42. The van der Waals surface area contributed by atoms with Crippen molar-refractivity contribution in [1.82, 2.24) is 20.1 Å². The number of nitrogens with one attached hydrogen (secondary N) is 2. The molecule has 0 bridgehead atoms. The Labute approximate surface area is 122 Å². The number of hydrogen-bond donors (Lipinski definition) is 2. The van der Waals surface area contributed by atoms with Crippen LogP contribution in [0.2, 0.25) is 0 Å². The highest BCUT2D eigenvalue weighted by Crippen LogP contribution is 2.30. The van der Waals surface area contributed by atoms with E-state index in [-0.39, 0.29) is 0 Å². The molecule has 0 aromatic carbocycles. The summed E-state index contributed by atoms with van der Waals surface area (Å²) < 4.78 is 1.52. The smallest absolute Gasteiger partial charge is 0.314 e. The molecule has 1 fully saturated rings. The Morgan fingerprint density at radius 2 is 2.25 bits per heavy atom. The van der Waals surface area contributed by atoms with Gasteiger partial charge in [0.1, 0.15) is 0 Å². The molecule has 20 heavy (non-hydrogen) atoms. The van der Waals surface area contributed by atoms with E-state index in [0.29, 0.717) is 17.1 Å². The van der Waals surface area contributed by atoms with Gasteiger partial charge in [0, 0.05) is 18.8 Å². The first-order chi connectivity index (χ1) is 9.61. The van der Waals surface area contributed by atoms with Crippen molar-refractivity contribution in [3.63, 3.8) is 0 Å². The van der Waals surface area contributed by atoms with Gasteiger partial charge in [0.15, 0.2) is 5.16 Å². The van der Waals surface area contributed by atoms with Gasteiger partial charge >= 0.3 is 11.1 Å². The molecule has 6 nitrogen and oxygen atoms in total. The second-order valence-corrected chi connectivity index (χ2v) is 6.25. The van der Waals surface area contributed by atoms with Gasteiger partial charge in [0.05, 0.1) is 0 Å². The van der Waals surface area contributed by atoms with Crippen molar-refractivity contribution in [2.24, 2.45) is 13.0 Å². The largest absolute Gasteiger partial charge is 0.339 e. The maximum atomic E-state index is 11.3. The minimum absolute atomic E-state index is 0.576. The molecular formula is C13H22N4O2S. The summed E-state index contributed by atoms with van der Waals surface area (Å²) >= 11 is 1.53. The van der Waals surface area contributed by atoms with Crippen molar-refractivity contribution >= 4 is 11.8 Å². The third-order valence-electron chi connectivity index (χ3n) is 3.79. The highest BCUT2D eigenvalue weighted by molar-refractivity contribution is 7.99. The van der Waals surface area contributed by atoms with Crippen LogP contribution in [0.4, 0.5) is 0 Å². The van der Waals surface area contributed by atoms with Crippen molar-refractivity contribution < 1.29 is 0 Å². The van der Waals surface area contributed by atoms with E-state index in [1.807, 2.05) is 0 Å². The number of nitrogens with zero attached hydrogens (tertiary/aromatic N) is 2. The van der Waals surface area contributed by atoms with Crippen LogP contribution >= 0.6 is 11.8 Å². The van der Waals surface area contributed by atoms with E-state index >= 15 is 0 Å². The fraction of sp³-hybridized carbons (Fsp3) is 0.769. The molecule has 0 radical (unpaired) electrons. The lowest BCUT2D eigenvalue weighted by Crippen LogP contribution is -2.34. The summed E-state index contributed by atoms with van der Waals surface area (Å²) in [6, 6.07) is 0.632. The maximum absolute atomic E-state index is 11.3. The summed E-state index contributed by atoms with van der Waals surface area (Å²) in [5, 5.41) is 6.59. The zero-order valence-electron chi connectivity index (χ0n) is 12.0. The van der Waals surface area contributed by atoms with Gasteiger partial charge in [-0.15, -0.1) is 0 Å². The van der Waals surface area contributed by atoms with Crippen molar-refractivity contribution in [1.29, 1.82) is 0 Å². The molecule has 1 saturated carbocycles. The fourth-order valence-electron chi connectivity index (χ4n) is 2.80. The van der Waals surface area contributed by atoms with Gasteiger partial charge in [-0.3, -0.25) is 19.4 Å². The predicted molar refractivity (Wildman–Crippen MR) is 80.2 cm³/mol. The number of hydrogen-bond acceptors (Lipinski definition) is 5. The molecular weight excluding hydrogens is 276 g/mol. The number of thioether (sulfide) groups is 1. The van der Waals surface area contributed by atoms with Gasteiger partial charge in [0.2, 0.25) is 0 Å². The average Bonchev–Trinajstić information content (AvgIpc) is 2.84. The summed E-state index contributed by atoms with van der Waals surface area (Å²) in [7, 11) is 1.70. The third-order valence-corrected chi connectivity index (χ3v) is 4.86. The summed E-state index contributed by atoms with van der Waals surface area (Å²) in [5.41, 5.74) is -1.38. The Morgan fingerprint density at radius 1 is 1.45 bits per heavy atom. The number of H-pyrrole nitrogens is 1. The molecule has 0 aliphatic heterocycles. The molecule has 2 atom stereocenters. The summed E-state index contributed by atoms with van der Waals surface area (Å²) in [6.45, 7) is 3.16. The van der Waals surface area contributed by atoms with E-state index in [1.54, 1.807) is 7.05 Å². The molecule has 1 aliphatic rings. The molecule has 112 valence electrons. The van der Waals surface area contributed by atoms with Gasteiger partial charge < -0.3 is 5.32 Å². The van der Waals surface area contributed by atoms with E-state index < -0.39 is 11.1 Å². The standard InChI is InChI=1S/C13H22N4O2S/c1-3-14-10-6-4-5-9(10)7-8-20-13-15-11(18)12(19)16-17(13)2/h9-10,14H,3-8H2,1-2H3,(H,16,19). The summed E-state index contributed by atoms with van der Waals surface area (Å²) in [5.74, 6) is 1.63. The molecule has 2 N–H and O–H groups in total. The van der Waals surface area contributed by atoms with Crippen molar-refractivity contribution in [3.8, 4) is 0 Å². The lowest BCUT2D eigenvalue weighted by atomic mass is 10.0. The van der Waals surface area contributed by atoms with Gasteiger partial charge in [0.25, 0.3) is 0 Å². The summed E-state index contributed by atoms with van der Waals surface area (Å²) in [6.07, 6.45) is 4.94. The lowest BCUT2D eigenvalue weighted by Gasteiger charge is -2.20. The molecule has 1 aromatic rings. The predicted octanol–water partition coefficient (Wildman–Crippen LogP) is 0.729. The second kappa shape index (κ2) is 7.08. The fourth-order valence-corrected chi connectivity index (χ4v) is 3.79. The highest BCUT2D eigenvalue weighted by Gasteiger charge is 2.25. The molecule has 1 aromatic heterocycles. The minimum atomic E-state index is -0.711.